The van der Waals surface area contributed by atoms with Crippen molar-refractivity contribution < 1.29 is 19.1 Å². The van der Waals surface area contributed by atoms with E-state index >= 15 is 0 Å². The van der Waals surface area contributed by atoms with Gasteiger partial charge in [-0.05, 0) is 25.1 Å². The monoisotopic (exact) mass is 313 g/mol. The van der Waals surface area contributed by atoms with Gasteiger partial charge >= 0.3 is 5.97 Å². The van der Waals surface area contributed by atoms with Crippen LogP contribution in [0.15, 0.2) is 18.2 Å². The summed E-state index contributed by atoms with van der Waals surface area (Å²) in [5.74, 6) is -1.67. The molecule has 1 aromatic carbocycles. The van der Waals surface area contributed by atoms with Crippen molar-refractivity contribution >= 4 is 35.1 Å². The van der Waals surface area contributed by atoms with Crippen molar-refractivity contribution in [2.75, 3.05) is 25.4 Å². The summed E-state index contributed by atoms with van der Waals surface area (Å²) in [7, 11) is 0. The molecule has 7 nitrogen and oxygen atoms in total. The second-order valence-corrected chi connectivity index (χ2v) is 4.47. The number of hydrogen-bond acceptors (Lipinski definition) is 5. The number of anilines is 1. The summed E-state index contributed by atoms with van der Waals surface area (Å²) < 4.78 is 4.80. The molecule has 0 saturated heterocycles. The van der Waals surface area contributed by atoms with Gasteiger partial charge in [0, 0.05) is 17.3 Å². The standard InChI is InChI=1S/C13H16ClN3O4/c1-2-16-11(18)6-17-12(19)7-21-13(20)9-5-8(14)3-4-10(9)15/h3-5H,2,6-7,15H2,1H3,(H,16,18)(H,17,19). The van der Waals surface area contributed by atoms with Crippen LogP contribution < -0.4 is 16.4 Å². The first-order chi connectivity index (χ1) is 9.93. The fourth-order valence-corrected chi connectivity index (χ4v) is 1.58. The van der Waals surface area contributed by atoms with E-state index < -0.39 is 18.5 Å². The molecule has 0 unspecified atom stereocenters. The van der Waals surface area contributed by atoms with Crippen LogP contribution >= 0.6 is 11.6 Å². The van der Waals surface area contributed by atoms with Gasteiger partial charge in [-0.25, -0.2) is 4.79 Å². The molecule has 1 aromatic rings. The number of esters is 1. The van der Waals surface area contributed by atoms with Gasteiger partial charge in [0.25, 0.3) is 5.91 Å². The molecular weight excluding hydrogens is 298 g/mol. The highest BCUT2D eigenvalue weighted by Gasteiger charge is 2.14. The second-order valence-electron chi connectivity index (χ2n) is 4.04. The van der Waals surface area contributed by atoms with Crippen LogP contribution in [0.3, 0.4) is 0 Å². The molecule has 1 rings (SSSR count). The number of amides is 2. The van der Waals surface area contributed by atoms with Gasteiger partial charge < -0.3 is 21.1 Å². The lowest BCUT2D eigenvalue weighted by atomic mass is 10.2. The molecule has 0 saturated carbocycles. The molecule has 21 heavy (non-hydrogen) atoms. The van der Waals surface area contributed by atoms with Gasteiger partial charge in [0.1, 0.15) is 0 Å². The van der Waals surface area contributed by atoms with Crippen LogP contribution in [0.2, 0.25) is 5.02 Å². The molecule has 0 aromatic heterocycles. The maximum atomic E-state index is 11.7. The number of nitrogen functional groups attached to an aromatic ring is 1. The van der Waals surface area contributed by atoms with Crippen molar-refractivity contribution in [2.24, 2.45) is 0 Å². The summed E-state index contributed by atoms with van der Waals surface area (Å²) >= 11 is 5.75. The molecule has 0 fully saturated rings. The number of ether oxygens (including phenoxy) is 1. The number of nitrogens with one attached hydrogen (secondary N) is 2. The molecule has 0 aliphatic rings. The average molecular weight is 314 g/mol. The van der Waals surface area contributed by atoms with Crippen molar-refractivity contribution in [1.29, 1.82) is 0 Å². The molecule has 0 heterocycles. The Morgan fingerprint density at radius 3 is 2.62 bits per heavy atom. The van der Waals surface area contributed by atoms with Crippen molar-refractivity contribution in [1.82, 2.24) is 10.6 Å². The van der Waals surface area contributed by atoms with Gasteiger partial charge in [-0.15, -0.1) is 0 Å². The SMILES string of the molecule is CCNC(=O)CNC(=O)COC(=O)c1cc(Cl)ccc1N. The predicted octanol–water partition coefficient (Wildman–Crippen LogP) is 0.331. The lowest BCUT2D eigenvalue weighted by molar-refractivity contribution is -0.127. The Hall–Kier alpha value is -2.28. The fraction of sp³-hybridized carbons (Fsp3) is 0.308. The number of hydrogen-bond donors (Lipinski definition) is 3. The van der Waals surface area contributed by atoms with Crippen molar-refractivity contribution in [2.45, 2.75) is 6.92 Å². The van der Waals surface area contributed by atoms with E-state index in [2.05, 4.69) is 10.6 Å². The third-order valence-electron chi connectivity index (χ3n) is 2.39. The molecule has 0 bridgehead atoms. The highest BCUT2D eigenvalue weighted by Crippen LogP contribution is 2.18. The number of nitrogens with two attached hydrogens (primary N) is 1. The molecule has 4 N–H and O–H groups in total. The smallest absolute Gasteiger partial charge is 0.340 e. The fourth-order valence-electron chi connectivity index (χ4n) is 1.40. The third kappa shape index (κ3) is 5.70. The number of benzene rings is 1. The molecule has 2 amide bonds. The van der Waals surface area contributed by atoms with E-state index in [0.717, 1.165) is 0 Å². The largest absolute Gasteiger partial charge is 0.452 e. The zero-order valence-corrected chi connectivity index (χ0v) is 12.2. The van der Waals surface area contributed by atoms with E-state index in [-0.39, 0.29) is 23.7 Å². The van der Waals surface area contributed by atoms with Gasteiger partial charge in [-0.3, -0.25) is 9.59 Å². The zero-order valence-electron chi connectivity index (χ0n) is 11.4. The number of likely N-dealkylation sites (N-methyl/N-ethyl adjacent to an activating group) is 1. The topological polar surface area (TPSA) is 111 Å². The summed E-state index contributed by atoms with van der Waals surface area (Å²) in [5.41, 5.74) is 5.90. The summed E-state index contributed by atoms with van der Waals surface area (Å²) in [5, 5.41) is 5.16. The predicted molar refractivity (Wildman–Crippen MR) is 77.8 cm³/mol. The minimum Gasteiger partial charge on any atom is -0.452 e. The van der Waals surface area contributed by atoms with Gasteiger partial charge in [0.2, 0.25) is 5.91 Å². The highest BCUT2D eigenvalue weighted by molar-refractivity contribution is 6.31. The molecule has 0 aliphatic carbocycles. The lowest BCUT2D eigenvalue weighted by Crippen LogP contribution is -2.38. The molecule has 0 radical (unpaired) electrons. The molecule has 8 heteroatoms. The van der Waals surface area contributed by atoms with Gasteiger partial charge in [-0.1, -0.05) is 11.6 Å². The van der Waals surface area contributed by atoms with Crippen LogP contribution in [0.1, 0.15) is 17.3 Å². The molecule has 0 spiro atoms. The Morgan fingerprint density at radius 1 is 1.24 bits per heavy atom. The van der Waals surface area contributed by atoms with E-state index in [1.807, 2.05) is 0 Å². The molecular formula is C13H16ClN3O4. The summed E-state index contributed by atoms with van der Waals surface area (Å²) in [4.78, 5) is 34.3. The number of carbonyl (C=O) groups is 3. The van der Waals surface area contributed by atoms with Crippen LogP contribution in [0.4, 0.5) is 5.69 Å². The van der Waals surface area contributed by atoms with Crippen LogP contribution in [0.25, 0.3) is 0 Å². The number of carbonyl (C=O) groups excluding carboxylic acids is 3. The summed E-state index contributed by atoms with van der Waals surface area (Å²) in [6.45, 7) is 1.54. The van der Waals surface area contributed by atoms with E-state index in [1.165, 1.54) is 18.2 Å². The van der Waals surface area contributed by atoms with Crippen molar-refractivity contribution in [3.05, 3.63) is 28.8 Å². The van der Waals surface area contributed by atoms with Gasteiger partial charge in [0.15, 0.2) is 6.61 Å². The quantitative estimate of drug-likeness (QED) is 0.518. The Balaban J connectivity index is 2.44. The maximum absolute atomic E-state index is 11.7. The van der Waals surface area contributed by atoms with Crippen LogP contribution in [-0.2, 0) is 14.3 Å². The Labute approximate surface area is 126 Å². The zero-order chi connectivity index (χ0) is 15.8. The third-order valence-corrected chi connectivity index (χ3v) is 2.62. The maximum Gasteiger partial charge on any atom is 0.340 e. The first-order valence-corrected chi connectivity index (χ1v) is 6.57. The van der Waals surface area contributed by atoms with Gasteiger partial charge in [-0.2, -0.15) is 0 Å². The minimum absolute atomic E-state index is 0.0824. The van der Waals surface area contributed by atoms with Crippen LogP contribution in [-0.4, -0.2) is 37.5 Å². The van der Waals surface area contributed by atoms with Crippen LogP contribution in [0.5, 0.6) is 0 Å². The molecule has 0 atom stereocenters. The average Bonchev–Trinajstić information content (AvgIpc) is 2.45. The Kier molecular flexibility index (Phi) is 6.48. The second kappa shape index (κ2) is 8.11. The number of rotatable bonds is 6. The first-order valence-electron chi connectivity index (χ1n) is 6.19. The minimum atomic E-state index is -0.761. The molecule has 114 valence electrons. The normalized spacial score (nSPS) is 9.81. The van der Waals surface area contributed by atoms with Crippen molar-refractivity contribution in [3.63, 3.8) is 0 Å². The summed E-state index contributed by atoms with van der Waals surface area (Å²) in [6.07, 6.45) is 0. The van der Waals surface area contributed by atoms with E-state index in [9.17, 15) is 14.4 Å². The van der Waals surface area contributed by atoms with Crippen molar-refractivity contribution in [3.8, 4) is 0 Å². The Morgan fingerprint density at radius 2 is 1.95 bits per heavy atom. The Bertz CT molecular complexity index is 548. The lowest BCUT2D eigenvalue weighted by Gasteiger charge is -2.08. The highest BCUT2D eigenvalue weighted by atomic mass is 35.5. The van der Waals surface area contributed by atoms with Gasteiger partial charge in [0.05, 0.1) is 12.1 Å². The van der Waals surface area contributed by atoms with E-state index in [0.29, 0.717) is 11.6 Å². The van der Waals surface area contributed by atoms with E-state index in [1.54, 1.807) is 6.92 Å². The molecule has 0 aliphatic heterocycles. The summed E-state index contributed by atoms with van der Waals surface area (Å²) in [6, 6.07) is 4.35. The first kappa shape index (κ1) is 16.8. The number of halogens is 1. The van der Waals surface area contributed by atoms with E-state index in [4.69, 9.17) is 22.1 Å². The van der Waals surface area contributed by atoms with Crippen LogP contribution in [0, 0.1) is 0 Å².